The van der Waals surface area contributed by atoms with E-state index >= 15 is 0 Å². The lowest BCUT2D eigenvalue weighted by molar-refractivity contribution is -0.155. The van der Waals surface area contributed by atoms with Crippen LogP contribution in [0.4, 0.5) is 5.13 Å². The second kappa shape index (κ2) is 6.43. The molecule has 0 aromatic carbocycles. The number of carbonyl (C=O) groups is 2. The minimum Gasteiger partial charge on any atom is -0.481 e. The van der Waals surface area contributed by atoms with Crippen molar-refractivity contribution in [2.24, 2.45) is 5.41 Å². The highest BCUT2D eigenvalue weighted by molar-refractivity contribution is 7.13. The first-order valence-electron chi connectivity index (χ1n) is 7.18. The second-order valence-corrected chi connectivity index (χ2v) is 6.50. The number of likely N-dealkylation sites (tertiary alicyclic amines) is 1. The Morgan fingerprint density at radius 3 is 2.90 bits per heavy atom. The Morgan fingerprint density at radius 1 is 1.57 bits per heavy atom. The fourth-order valence-electron chi connectivity index (χ4n) is 2.98. The minimum atomic E-state index is -0.792. The zero-order valence-corrected chi connectivity index (χ0v) is 13.0. The van der Waals surface area contributed by atoms with Gasteiger partial charge in [-0.25, -0.2) is 4.98 Å². The number of amides is 1. The van der Waals surface area contributed by atoms with Gasteiger partial charge in [0.05, 0.1) is 17.5 Å². The summed E-state index contributed by atoms with van der Waals surface area (Å²) in [5.41, 5.74) is 5.43. The highest BCUT2D eigenvalue weighted by Gasteiger charge is 2.42. The van der Waals surface area contributed by atoms with E-state index in [0.29, 0.717) is 36.8 Å². The Balaban J connectivity index is 2.05. The zero-order valence-electron chi connectivity index (χ0n) is 12.2. The monoisotopic (exact) mass is 311 g/mol. The number of hydrogen-bond donors (Lipinski definition) is 2. The molecule has 6 nitrogen and oxygen atoms in total. The molecule has 1 atom stereocenters. The van der Waals surface area contributed by atoms with Crippen LogP contribution in [0.15, 0.2) is 5.38 Å². The molecule has 2 rings (SSSR count). The van der Waals surface area contributed by atoms with Crippen LogP contribution < -0.4 is 5.73 Å². The molecule has 1 aromatic heterocycles. The fourth-order valence-corrected chi connectivity index (χ4v) is 3.54. The van der Waals surface area contributed by atoms with Gasteiger partial charge in [0, 0.05) is 18.5 Å². The topological polar surface area (TPSA) is 96.5 Å². The van der Waals surface area contributed by atoms with Gasteiger partial charge in [-0.2, -0.15) is 0 Å². The van der Waals surface area contributed by atoms with E-state index in [2.05, 4.69) is 4.98 Å². The average Bonchev–Trinajstić information content (AvgIpc) is 2.84. The van der Waals surface area contributed by atoms with Gasteiger partial charge in [-0.3, -0.25) is 9.59 Å². The Hall–Kier alpha value is -1.63. The molecule has 0 radical (unpaired) electrons. The van der Waals surface area contributed by atoms with Crippen molar-refractivity contribution in [2.75, 3.05) is 18.8 Å². The number of thiazole rings is 1. The van der Waals surface area contributed by atoms with E-state index in [-0.39, 0.29) is 12.3 Å². The number of nitrogen functional groups attached to an aromatic ring is 1. The van der Waals surface area contributed by atoms with Crippen molar-refractivity contribution < 1.29 is 14.7 Å². The molecule has 1 amide bonds. The summed E-state index contributed by atoms with van der Waals surface area (Å²) in [7, 11) is 0. The van der Waals surface area contributed by atoms with Gasteiger partial charge in [-0.05, 0) is 19.3 Å². The van der Waals surface area contributed by atoms with E-state index in [1.807, 2.05) is 6.92 Å². The molecule has 2 heterocycles. The van der Waals surface area contributed by atoms with Gasteiger partial charge >= 0.3 is 5.97 Å². The van der Waals surface area contributed by atoms with Crippen molar-refractivity contribution in [3.8, 4) is 0 Å². The summed E-state index contributed by atoms with van der Waals surface area (Å²) in [6, 6.07) is 0. The predicted octanol–water partition coefficient (Wildman–Crippen LogP) is 1.76. The van der Waals surface area contributed by atoms with Gasteiger partial charge < -0.3 is 15.7 Å². The summed E-state index contributed by atoms with van der Waals surface area (Å²) in [5.74, 6) is -0.860. The van der Waals surface area contributed by atoms with Crippen molar-refractivity contribution in [3.05, 3.63) is 11.1 Å². The Bertz CT molecular complexity index is 527. The maximum atomic E-state index is 12.3. The molecule has 1 aromatic rings. The maximum Gasteiger partial charge on any atom is 0.311 e. The summed E-state index contributed by atoms with van der Waals surface area (Å²) in [6.07, 6.45) is 2.98. The highest BCUT2D eigenvalue weighted by Crippen LogP contribution is 2.35. The van der Waals surface area contributed by atoms with Crippen LogP contribution in [-0.4, -0.2) is 40.0 Å². The van der Waals surface area contributed by atoms with Crippen LogP contribution in [0.1, 0.15) is 38.3 Å². The molecule has 7 heteroatoms. The van der Waals surface area contributed by atoms with Crippen molar-refractivity contribution >= 4 is 28.3 Å². The average molecular weight is 311 g/mol. The quantitative estimate of drug-likeness (QED) is 0.863. The maximum absolute atomic E-state index is 12.3. The first-order valence-corrected chi connectivity index (χ1v) is 8.06. The molecule has 0 spiro atoms. The van der Waals surface area contributed by atoms with E-state index in [1.54, 1.807) is 10.3 Å². The van der Waals surface area contributed by atoms with E-state index in [4.69, 9.17) is 5.73 Å². The number of nitrogens with two attached hydrogens (primary N) is 1. The van der Waals surface area contributed by atoms with Gasteiger partial charge in [-0.15, -0.1) is 11.3 Å². The molecular formula is C14H21N3O3S. The Kier molecular flexibility index (Phi) is 4.82. The number of carboxylic acid groups (broad SMARTS) is 1. The SMILES string of the molecule is CCCC1(C(=O)O)CCCN(C(=O)Cc2csc(N)n2)C1. The number of carbonyl (C=O) groups excluding carboxylic acids is 1. The van der Waals surface area contributed by atoms with Crippen molar-refractivity contribution in [3.63, 3.8) is 0 Å². The van der Waals surface area contributed by atoms with Gasteiger partial charge in [0.1, 0.15) is 0 Å². The molecule has 1 unspecified atom stereocenters. The molecule has 0 saturated carbocycles. The predicted molar refractivity (Wildman–Crippen MR) is 81.0 cm³/mol. The van der Waals surface area contributed by atoms with Crippen LogP contribution in [0.3, 0.4) is 0 Å². The molecule has 3 N–H and O–H groups in total. The number of carboxylic acids is 1. The van der Waals surface area contributed by atoms with E-state index in [9.17, 15) is 14.7 Å². The number of piperidine rings is 1. The molecule has 0 aliphatic carbocycles. The smallest absolute Gasteiger partial charge is 0.311 e. The molecule has 1 saturated heterocycles. The number of aromatic nitrogens is 1. The Labute approximate surface area is 128 Å². The molecule has 0 bridgehead atoms. The molecule has 1 fully saturated rings. The second-order valence-electron chi connectivity index (χ2n) is 5.61. The van der Waals surface area contributed by atoms with Crippen LogP contribution in [-0.2, 0) is 16.0 Å². The lowest BCUT2D eigenvalue weighted by Gasteiger charge is -2.40. The summed E-state index contributed by atoms with van der Waals surface area (Å²) in [6.45, 7) is 2.90. The summed E-state index contributed by atoms with van der Waals surface area (Å²) in [4.78, 5) is 29.7. The van der Waals surface area contributed by atoms with Crippen LogP contribution in [0.5, 0.6) is 0 Å². The normalized spacial score (nSPS) is 22.2. The molecule has 21 heavy (non-hydrogen) atoms. The molecular weight excluding hydrogens is 290 g/mol. The lowest BCUT2D eigenvalue weighted by atomic mass is 9.76. The Morgan fingerprint density at radius 2 is 2.33 bits per heavy atom. The lowest BCUT2D eigenvalue weighted by Crippen LogP contribution is -2.50. The highest BCUT2D eigenvalue weighted by atomic mass is 32.1. The van der Waals surface area contributed by atoms with Crippen LogP contribution in [0.25, 0.3) is 0 Å². The van der Waals surface area contributed by atoms with Crippen LogP contribution in [0, 0.1) is 5.41 Å². The minimum absolute atomic E-state index is 0.0678. The van der Waals surface area contributed by atoms with Crippen molar-refractivity contribution in [2.45, 2.75) is 39.0 Å². The summed E-state index contributed by atoms with van der Waals surface area (Å²) in [5, 5.41) is 11.8. The van der Waals surface area contributed by atoms with Crippen molar-refractivity contribution in [1.29, 1.82) is 0 Å². The third-order valence-corrected chi connectivity index (χ3v) is 4.74. The third-order valence-electron chi connectivity index (χ3n) is 4.01. The van der Waals surface area contributed by atoms with E-state index < -0.39 is 11.4 Å². The van der Waals surface area contributed by atoms with Crippen molar-refractivity contribution in [1.82, 2.24) is 9.88 Å². The van der Waals surface area contributed by atoms with E-state index in [1.165, 1.54) is 11.3 Å². The van der Waals surface area contributed by atoms with Gasteiger partial charge in [0.15, 0.2) is 5.13 Å². The van der Waals surface area contributed by atoms with E-state index in [0.717, 1.165) is 12.8 Å². The standard InChI is InChI=1S/C14H21N3O3S/c1-2-4-14(12(19)20)5-3-6-17(9-14)11(18)7-10-8-21-13(15)16-10/h8H,2-7,9H2,1H3,(H2,15,16)(H,19,20). The summed E-state index contributed by atoms with van der Waals surface area (Å²) >= 11 is 1.31. The molecule has 1 aliphatic heterocycles. The van der Waals surface area contributed by atoms with Gasteiger partial charge in [0.2, 0.25) is 5.91 Å². The number of anilines is 1. The first kappa shape index (κ1) is 15.8. The first-order chi connectivity index (χ1) is 9.97. The molecule has 116 valence electrons. The number of nitrogens with zero attached hydrogens (tertiary/aromatic N) is 2. The third kappa shape index (κ3) is 3.53. The van der Waals surface area contributed by atoms with Crippen LogP contribution >= 0.6 is 11.3 Å². The summed E-state index contributed by atoms with van der Waals surface area (Å²) < 4.78 is 0. The van der Waals surface area contributed by atoms with Gasteiger partial charge in [0.25, 0.3) is 0 Å². The number of aliphatic carboxylic acids is 1. The van der Waals surface area contributed by atoms with Gasteiger partial charge in [-0.1, -0.05) is 13.3 Å². The molecule has 1 aliphatic rings. The number of hydrogen-bond acceptors (Lipinski definition) is 5. The number of rotatable bonds is 5. The largest absolute Gasteiger partial charge is 0.481 e. The van der Waals surface area contributed by atoms with Crippen LogP contribution in [0.2, 0.25) is 0 Å². The zero-order chi connectivity index (χ0) is 15.5. The fraction of sp³-hybridized carbons (Fsp3) is 0.643.